The lowest BCUT2D eigenvalue weighted by Gasteiger charge is -2.47. The number of hydrogen-bond acceptors (Lipinski definition) is 5. The zero-order valence-electron chi connectivity index (χ0n) is 20.7. The highest BCUT2D eigenvalue weighted by Gasteiger charge is 2.54. The van der Waals surface area contributed by atoms with Gasteiger partial charge in [0.05, 0.1) is 18.2 Å². The average molecular weight is 493 g/mol. The number of aromatic nitrogens is 1. The van der Waals surface area contributed by atoms with Crippen LogP contribution >= 0.6 is 0 Å². The molecule has 3 aliphatic rings. The molecule has 2 aromatic rings. The van der Waals surface area contributed by atoms with E-state index in [1.165, 1.54) is 12.1 Å². The van der Waals surface area contributed by atoms with Gasteiger partial charge in [0.1, 0.15) is 11.9 Å². The molecule has 36 heavy (non-hydrogen) atoms. The maximum absolute atomic E-state index is 13.6. The van der Waals surface area contributed by atoms with Crippen molar-refractivity contribution in [1.29, 1.82) is 0 Å². The molecule has 0 radical (unpaired) electrons. The lowest BCUT2D eigenvalue weighted by atomic mass is 9.57. The van der Waals surface area contributed by atoms with Crippen LogP contribution in [0.15, 0.2) is 48.7 Å². The van der Waals surface area contributed by atoms with Crippen molar-refractivity contribution >= 4 is 18.1 Å². The number of carbonyl (C=O) groups excluding carboxylic acids is 2. The molecule has 7 atom stereocenters. The summed E-state index contributed by atoms with van der Waals surface area (Å²) in [6, 6.07) is 10.4. The Labute approximate surface area is 211 Å². The maximum Gasteiger partial charge on any atom is 0.407 e. The molecule has 0 spiro atoms. The summed E-state index contributed by atoms with van der Waals surface area (Å²) in [5, 5.41) is 3.03. The smallest absolute Gasteiger partial charge is 0.407 e. The number of pyridine rings is 1. The molecule has 2 heterocycles. The van der Waals surface area contributed by atoms with Crippen molar-refractivity contribution in [3.8, 4) is 11.1 Å². The summed E-state index contributed by atoms with van der Waals surface area (Å²) >= 11 is 0. The lowest BCUT2D eigenvalue weighted by Crippen LogP contribution is -2.48. The van der Waals surface area contributed by atoms with E-state index in [0.717, 1.165) is 42.5 Å². The van der Waals surface area contributed by atoms with Crippen LogP contribution in [0, 0.1) is 35.4 Å². The van der Waals surface area contributed by atoms with Crippen molar-refractivity contribution in [2.45, 2.75) is 51.7 Å². The number of hydrogen-bond donors (Lipinski definition) is 1. The summed E-state index contributed by atoms with van der Waals surface area (Å²) in [5.41, 5.74) is 2.45. The van der Waals surface area contributed by atoms with Crippen LogP contribution in [0.3, 0.4) is 0 Å². The van der Waals surface area contributed by atoms with Crippen LogP contribution in [0.1, 0.15) is 45.2 Å². The number of cyclic esters (lactones) is 1. The number of benzene rings is 1. The quantitative estimate of drug-likeness (QED) is 0.548. The molecule has 7 heteroatoms. The number of rotatable bonds is 5. The SMILES string of the molecule is CCOC(=O)NC1CC[C@H]2C[C@H]3C(=O)O[C@H](C)[C@H]3[C@@H](C=Cc3ccc(-c4cccc(F)c4)cn3)[C@@H]2C1. The fourth-order valence-corrected chi connectivity index (χ4v) is 6.61. The predicted molar refractivity (Wildman–Crippen MR) is 134 cm³/mol. The summed E-state index contributed by atoms with van der Waals surface area (Å²) in [5.74, 6) is 0.592. The van der Waals surface area contributed by atoms with E-state index in [0.29, 0.717) is 18.4 Å². The Morgan fingerprint density at radius 1 is 1.22 bits per heavy atom. The third-order valence-corrected chi connectivity index (χ3v) is 8.19. The molecular formula is C29H33FN2O4. The number of carbonyl (C=O) groups is 2. The van der Waals surface area contributed by atoms with Crippen LogP contribution in [0.25, 0.3) is 17.2 Å². The Kier molecular flexibility index (Phi) is 7.08. The summed E-state index contributed by atoms with van der Waals surface area (Å²) in [6.45, 7) is 4.14. The van der Waals surface area contributed by atoms with E-state index in [2.05, 4.69) is 16.4 Å². The van der Waals surface area contributed by atoms with Crippen molar-refractivity contribution in [3.05, 3.63) is 60.2 Å². The van der Waals surface area contributed by atoms with E-state index < -0.39 is 0 Å². The Hall–Kier alpha value is -3.22. The molecule has 1 amide bonds. The molecule has 190 valence electrons. The predicted octanol–water partition coefficient (Wildman–Crippen LogP) is 5.63. The maximum atomic E-state index is 13.6. The van der Waals surface area contributed by atoms with Crippen molar-refractivity contribution in [2.24, 2.45) is 29.6 Å². The molecule has 1 aromatic heterocycles. The van der Waals surface area contributed by atoms with Crippen LogP contribution < -0.4 is 5.32 Å². The fraction of sp³-hybridized carbons (Fsp3) is 0.483. The van der Waals surface area contributed by atoms with Gasteiger partial charge in [-0.05, 0) is 87.1 Å². The normalized spacial score (nSPS) is 31.4. The Morgan fingerprint density at radius 3 is 2.83 bits per heavy atom. The highest BCUT2D eigenvalue weighted by atomic mass is 19.1. The molecule has 2 aliphatic carbocycles. The fourth-order valence-electron chi connectivity index (χ4n) is 6.61. The number of amides is 1. The molecule has 1 aromatic carbocycles. The minimum absolute atomic E-state index is 0.0646. The second-order valence-corrected chi connectivity index (χ2v) is 10.3. The van der Waals surface area contributed by atoms with Crippen molar-refractivity contribution in [2.75, 3.05) is 6.61 Å². The summed E-state index contributed by atoms with van der Waals surface area (Å²) in [4.78, 5) is 29.3. The number of alkyl carbamates (subject to hydrolysis) is 1. The average Bonchev–Trinajstić information content (AvgIpc) is 3.15. The molecule has 6 nitrogen and oxygen atoms in total. The zero-order valence-corrected chi connectivity index (χ0v) is 20.7. The monoisotopic (exact) mass is 492 g/mol. The number of allylic oxidation sites excluding steroid dienone is 1. The van der Waals surface area contributed by atoms with E-state index >= 15 is 0 Å². The highest BCUT2D eigenvalue weighted by Crippen LogP contribution is 2.53. The molecule has 5 rings (SSSR count). The number of nitrogens with one attached hydrogen (secondary N) is 1. The van der Waals surface area contributed by atoms with Gasteiger partial charge in [-0.25, -0.2) is 9.18 Å². The highest BCUT2D eigenvalue weighted by molar-refractivity contribution is 5.75. The van der Waals surface area contributed by atoms with Crippen LogP contribution in [-0.2, 0) is 14.3 Å². The van der Waals surface area contributed by atoms with Crippen LogP contribution in [0.4, 0.5) is 9.18 Å². The third kappa shape index (κ3) is 5.01. The van der Waals surface area contributed by atoms with Gasteiger partial charge in [0.15, 0.2) is 0 Å². The van der Waals surface area contributed by atoms with Gasteiger partial charge in [-0.2, -0.15) is 0 Å². The Morgan fingerprint density at radius 2 is 2.08 bits per heavy atom. The molecule has 2 saturated carbocycles. The first-order valence-corrected chi connectivity index (χ1v) is 13.0. The number of ether oxygens (including phenoxy) is 2. The van der Waals surface area contributed by atoms with E-state index in [4.69, 9.17) is 9.47 Å². The number of nitrogens with zero attached hydrogens (tertiary/aromatic N) is 1. The first-order chi connectivity index (χ1) is 17.4. The summed E-state index contributed by atoms with van der Waals surface area (Å²) in [6.07, 6.45) is 9.05. The molecule has 1 N–H and O–H groups in total. The standard InChI is InChI=1S/C29H33FN2O4/c1-3-35-29(34)32-23-10-7-19-14-26-27(17(2)36-28(26)33)24(25(19)15-23)12-11-22-9-8-20(16-31-22)18-5-4-6-21(30)13-18/h4-6,8-9,11-13,16-17,19,23-27H,3,7,10,14-15H2,1-2H3,(H,32,34)/t17-,19+,23?,24+,25-,26-,27+/m1/s1. The topological polar surface area (TPSA) is 77.5 Å². The molecule has 3 fully saturated rings. The second-order valence-electron chi connectivity index (χ2n) is 10.3. The van der Waals surface area contributed by atoms with Crippen molar-refractivity contribution in [3.63, 3.8) is 0 Å². The number of fused-ring (bicyclic) bond motifs is 2. The Balaban J connectivity index is 1.37. The summed E-state index contributed by atoms with van der Waals surface area (Å²) in [7, 11) is 0. The van der Waals surface area contributed by atoms with Gasteiger partial charge in [-0.3, -0.25) is 9.78 Å². The molecule has 1 unspecified atom stereocenters. The van der Waals surface area contributed by atoms with Crippen molar-refractivity contribution < 1.29 is 23.5 Å². The number of esters is 1. The van der Waals surface area contributed by atoms with Gasteiger partial charge in [0.2, 0.25) is 0 Å². The minimum Gasteiger partial charge on any atom is -0.462 e. The molecule has 1 aliphatic heterocycles. The van der Waals surface area contributed by atoms with Gasteiger partial charge in [0, 0.05) is 23.7 Å². The van der Waals surface area contributed by atoms with Gasteiger partial charge in [0.25, 0.3) is 0 Å². The molecule has 0 bridgehead atoms. The minimum atomic E-state index is -0.364. The second kappa shape index (κ2) is 10.4. The molecular weight excluding hydrogens is 459 g/mol. The largest absolute Gasteiger partial charge is 0.462 e. The zero-order chi connectivity index (χ0) is 25.2. The molecule has 1 saturated heterocycles. The third-order valence-electron chi connectivity index (χ3n) is 8.19. The van der Waals surface area contributed by atoms with Crippen LogP contribution in [-0.4, -0.2) is 35.8 Å². The van der Waals surface area contributed by atoms with Gasteiger partial charge in [-0.1, -0.05) is 24.3 Å². The van der Waals surface area contributed by atoms with Crippen LogP contribution in [0.2, 0.25) is 0 Å². The summed E-state index contributed by atoms with van der Waals surface area (Å²) < 4.78 is 24.4. The van der Waals surface area contributed by atoms with E-state index in [1.807, 2.05) is 31.2 Å². The number of halogens is 1. The lowest BCUT2D eigenvalue weighted by molar-refractivity contribution is -0.144. The van der Waals surface area contributed by atoms with Crippen LogP contribution in [0.5, 0.6) is 0 Å². The Bertz CT molecular complexity index is 1130. The van der Waals surface area contributed by atoms with E-state index in [9.17, 15) is 14.0 Å². The first kappa shape index (κ1) is 24.5. The first-order valence-electron chi connectivity index (χ1n) is 13.0. The van der Waals surface area contributed by atoms with Gasteiger partial charge < -0.3 is 14.8 Å². The van der Waals surface area contributed by atoms with Gasteiger partial charge >= 0.3 is 12.1 Å². The van der Waals surface area contributed by atoms with E-state index in [-0.39, 0.29) is 47.8 Å². The van der Waals surface area contributed by atoms with Gasteiger partial charge in [-0.15, -0.1) is 0 Å². The van der Waals surface area contributed by atoms with Crippen molar-refractivity contribution in [1.82, 2.24) is 10.3 Å². The van der Waals surface area contributed by atoms with E-state index in [1.54, 1.807) is 19.2 Å².